The van der Waals surface area contributed by atoms with Gasteiger partial charge in [-0.3, -0.25) is 4.98 Å². The quantitative estimate of drug-likeness (QED) is 0.847. The molecule has 16 heavy (non-hydrogen) atoms. The van der Waals surface area contributed by atoms with Gasteiger partial charge in [0.25, 0.3) is 0 Å². The molecule has 0 spiro atoms. The van der Waals surface area contributed by atoms with E-state index in [0.29, 0.717) is 0 Å². The van der Waals surface area contributed by atoms with Crippen LogP contribution in [0.1, 0.15) is 50.3 Å². The summed E-state index contributed by atoms with van der Waals surface area (Å²) in [5.41, 5.74) is 8.89. The molecule has 0 radical (unpaired) electrons. The van der Waals surface area contributed by atoms with Crippen molar-refractivity contribution in [1.29, 1.82) is 0 Å². The largest absolute Gasteiger partial charge is 0.325 e. The number of aromatic nitrogens is 1. The third-order valence-corrected chi connectivity index (χ3v) is 3.68. The van der Waals surface area contributed by atoms with Crippen molar-refractivity contribution >= 4 is 0 Å². The van der Waals surface area contributed by atoms with Crippen molar-refractivity contribution in [3.05, 3.63) is 29.6 Å². The predicted molar refractivity (Wildman–Crippen MR) is 67.3 cm³/mol. The molecule has 1 fully saturated rings. The molecule has 2 N–H and O–H groups in total. The first-order chi connectivity index (χ1) is 7.72. The number of nitrogens with two attached hydrogens (primary N) is 1. The Bertz CT molecular complexity index is 323. The molecule has 0 atom stereocenters. The summed E-state index contributed by atoms with van der Waals surface area (Å²) in [7, 11) is 0. The second-order valence-electron chi connectivity index (χ2n) is 5.11. The molecule has 2 heteroatoms. The number of nitrogens with zero attached hydrogens (tertiary/aromatic N) is 1. The van der Waals surface area contributed by atoms with Gasteiger partial charge in [0.2, 0.25) is 0 Å². The molecule has 1 heterocycles. The van der Waals surface area contributed by atoms with E-state index >= 15 is 0 Å². The third kappa shape index (κ3) is 2.82. The minimum atomic E-state index is 0.0129. The number of hydrogen-bond donors (Lipinski definition) is 1. The van der Waals surface area contributed by atoms with E-state index in [1.165, 1.54) is 24.8 Å². The van der Waals surface area contributed by atoms with E-state index in [9.17, 15) is 0 Å². The maximum absolute atomic E-state index is 6.42. The maximum Gasteiger partial charge on any atom is 0.0422 e. The summed E-state index contributed by atoms with van der Waals surface area (Å²) in [5.74, 6) is 0. The molecule has 0 bridgehead atoms. The molecular weight excluding hydrogens is 196 g/mol. The first-order valence-electron chi connectivity index (χ1n) is 6.44. The topological polar surface area (TPSA) is 38.9 Å². The lowest BCUT2D eigenvalue weighted by Crippen LogP contribution is -2.43. The lowest BCUT2D eigenvalue weighted by Gasteiger charge is -2.33. The van der Waals surface area contributed by atoms with Gasteiger partial charge >= 0.3 is 0 Å². The minimum Gasteiger partial charge on any atom is -0.325 e. The zero-order valence-corrected chi connectivity index (χ0v) is 10.2. The van der Waals surface area contributed by atoms with Crippen molar-refractivity contribution < 1.29 is 0 Å². The molecule has 0 aromatic carbocycles. The average molecular weight is 218 g/mol. The highest BCUT2D eigenvalue weighted by atomic mass is 14.8. The molecule has 0 amide bonds. The standard InChI is InChI=1S/C14H22N2/c1-2-12-6-7-13(16-11-12)10-14(15)8-4-3-5-9-14/h6-7,11H,2-5,8-10,15H2,1H3. The average Bonchev–Trinajstić information content (AvgIpc) is 2.30. The number of rotatable bonds is 3. The van der Waals surface area contributed by atoms with E-state index in [2.05, 4.69) is 24.0 Å². The second kappa shape index (κ2) is 4.96. The Labute approximate surface area is 98.3 Å². The van der Waals surface area contributed by atoms with Crippen LogP contribution >= 0.6 is 0 Å². The van der Waals surface area contributed by atoms with Gasteiger partial charge in [0.05, 0.1) is 0 Å². The smallest absolute Gasteiger partial charge is 0.0422 e. The molecule has 1 aliphatic carbocycles. The molecule has 1 aliphatic rings. The fourth-order valence-corrected chi connectivity index (χ4v) is 2.56. The van der Waals surface area contributed by atoms with Crippen LogP contribution in [0, 0.1) is 0 Å². The second-order valence-corrected chi connectivity index (χ2v) is 5.11. The van der Waals surface area contributed by atoms with Crippen LogP contribution < -0.4 is 5.73 Å². The third-order valence-electron chi connectivity index (χ3n) is 3.68. The van der Waals surface area contributed by atoms with Crippen LogP contribution in [0.25, 0.3) is 0 Å². The van der Waals surface area contributed by atoms with Crippen molar-refractivity contribution in [3.8, 4) is 0 Å². The van der Waals surface area contributed by atoms with Crippen molar-refractivity contribution in [2.45, 2.75) is 57.4 Å². The lowest BCUT2D eigenvalue weighted by atomic mass is 9.79. The highest BCUT2D eigenvalue weighted by molar-refractivity contribution is 5.16. The summed E-state index contributed by atoms with van der Waals surface area (Å²) in [4.78, 5) is 4.51. The van der Waals surface area contributed by atoms with E-state index in [-0.39, 0.29) is 5.54 Å². The van der Waals surface area contributed by atoms with Gasteiger partial charge in [-0.15, -0.1) is 0 Å². The molecule has 2 rings (SSSR count). The van der Waals surface area contributed by atoms with E-state index in [4.69, 9.17) is 5.73 Å². The molecule has 0 saturated heterocycles. The normalized spacial score (nSPS) is 19.6. The SMILES string of the molecule is CCc1ccc(CC2(N)CCCCC2)nc1. The molecular formula is C14H22N2. The van der Waals surface area contributed by atoms with Gasteiger partial charge in [0.1, 0.15) is 0 Å². The van der Waals surface area contributed by atoms with Gasteiger partial charge in [-0.05, 0) is 30.9 Å². The molecule has 2 nitrogen and oxygen atoms in total. The zero-order chi connectivity index (χ0) is 11.4. The van der Waals surface area contributed by atoms with E-state index < -0.39 is 0 Å². The first kappa shape index (κ1) is 11.6. The monoisotopic (exact) mass is 218 g/mol. The Hall–Kier alpha value is -0.890. The van der Waals surface area contributed by atoms with Crippen LogP contribution in [-0.2, 0) is 12.8 Å². The van der Waals surface area contributed by atoms with Gasteiger partial charge in [-0.2, -0.15) is 0 Å². The fourth-order valence-electron chi connectivity index (χ4n) is 2.56. The zero-order valence-electron chi connectivity index (χ0n) is 10.2. The first-order valence-corrected chi connectivity index (χ1v) is 6.44. The predicted octanol–water partition coefficient (Wildman–Crippen LogP) is 2.85. The van der Waals surface area contributed by atoms with Gasteiger partial charge in [-0.1, -0.05) is 32.3 Å². The number of pyridine rings is 1. The highest BCUT2D eigenvalue weighted by Crippen LogP contribution is 2.28. The van der Waals surface area contributed by atoms with Crippen molar-refractivity contribution in [2.24, 2.45) is 5.73 Å². The summed E-state index contributed by atoms with van der Waals surface area (Å²) in [6.45, 7) is 2.16. The Morgan fingerprint density at radius 1 is 1.25 bits per heavy atom. The van der Waals surface area contributed by atoms with Gasteiger partial charge in [0.15, 0.2) is 0 Å². The molecule has 1 aromatic heterocycles. The Morgan fingerprint density at radius 3 is 2.56 bits per heavy atom. The van der Waals surface area contributed by atoms with Crippen LogP contribution in [0.2, 0.25) is 0 Å². The van der Waals surface area contributed by atoms with E-state index in [0.717, 1.165) is 31.4 Å². The van der Waals surface area contributed by atoms with Crippen LogP contribution in [0.4, 0.5) is 0 Å². The Kier molecular flexibility index (Phi) is 3.59. The minimum absolute atomic E-state index is 0.0129. The van der Waals surface area contributed by atoms with E-state index in [1.54, 1.807) is 0 Å². The molecule has 0 unspecified atom stereocenters. The summed E-state index contributed by atoms with van der Waals surface area (Å²) < 4.78 is 0. The Balaban J connectivity index is 2.01. The van der Waals surface area contributed by atoms with Crippen LogP contribution in [0.15, 0.2) is 18.3 Å². The maximum atomic E-state index is 6.42. The summed E-state index contributed by atoms with van der Waals surface area (Å²) in [6.07, 6.45) is 10.2. The summed E-state index contributed by atoms with van der Waals surface area (Å²) in [6, 6.07) is 4.32. The number of aryl methyl sites for hydroxylation is 1. The van der Waals surface area contributed by atoms with Crippen LogP contribution in [0.3, 0.4) is 0 Å². The Morgan fingerprint density at radius 2 is 2.00 bits per heavy atom. The molecule has 1 saturated carbocycles. The number of hydrogen-bond acceptors (Lipinski definition) is 2. The van der Waals surface area contributed by atoms with Gasteiger partial charge in [0, 0.05) is 23.9 Å². The van der Waals surface area contributed by atoms with Gasteiger partial charge in [-0.25, -0.2) is 0 Å². The molecule has 88 valence electrons. The van der Waals surface area contributed by atoms with Gasteiger partial charge < -0.3 is 5.73 Å². The van der Waals surface area contributed by atoms with Crippen molar-refractivity contribution in [1.82, 2.24) is 4.98 Å². The fraction of sp³-hybridized carbons (Fsp3) is 0.643. The van der Waals surface area contributed by atoms with Crippen molar-refractivity contribution in [3.63, 3.8) is 0 Å². The molecule has 1 aromatic rings. The molecule has 0 aliphatic heterocycles. The lowest BCUT2D eigenvalue weighted by molar-refractivity contribution is 0.292. The van der Waals surface area contributed by atoms with E-state index in [1.807, 2.05) is 6.20 Å². The van der Waals surface area contributed by atoms with Crippen molar-refractivity contribution in [2.75, 3.05) is 0 Å². The summed E-state index contributed by atoms with van der Waals surface area (Å²) >= 11 is 0. The highest BCUT2D eigenvalue weighted by Gasteiger charge is 2.27. The summed E-state index contributed by atoms with van der Waals surface area (Å²) in [5, 5.41) is 0. The van der Waals surface area contributed by atoms with Crippen LogP contribution in [-0.4, -0.2) is 10.5 Å². The van der Waals surface area contributed by atoms with Crippen LogP contribution in [0.5, 0.6) is 0 Å².